The normalized spacial score (nSPS) is 12.8. The molecule has 0 unspecified atom stereocenters. The van der Waals surface area contributed by atoms with Crippen LogP contribution < -0.4 is 11.1 Å². The van der Waals surface area contributed by atoms with Crippen LogP contribution in [-0.2, 0) is 19.6 Å². The van der Waals surface area contributed by atoms with E-state index in [0.29, 0.717) is 5.56 Å². The van der Waals surface area contributed by atoms with Gasteiger partial charge in [-0.2, -0.15) is 18.3 Å². The summed E-state index contributed by atoms with van der Waals surface area (Å²) in [5.74, 6) is -0.371. The summed E-state index contributed by atoms with van der Waals surface area (Å²) >= 11 is 1.39. The van der Waals surface area contributed by atoms with Gasteiger partial charge in [-0.1, -0.05) is 18.2 Å². The van der Waals surface area contributed by atoms with Gasteiger partial charge in [0.05, 0.1) is 21.7 Å². The molecule has 1 aromatic carbocycles. The van der Waals surface area contributed by atoms with E-state index in [4.69, 9.17) is 5.73 Å². The Kier molecular flexibility index (Phi) is 5.85. The number of carbonyl (C=O) groups is 1. The third-order valence-corrected chi connectivity index (χ3v) is 5.30. The monoisotopic (exact) mass is 408 g/mol. The van der Waals surface area contributed by atoms with Crippen molar-refractivity contribution in [2.75, 3.05) is 6.54 Å². The molecule has 5 nitrogen and oxygen atoms in total. The van der Waals surface area contributed by atoms with Crippen LogP contribution in [0.3, 0.4) is 0 Å². The molecule has 9 heteroatoms. The minimum atomic E-state index is -4.45. The number of carbonyl (C=O) groups excluding carboxylic acids is 1. The van der Waals surface area contributed by atoms with Crippen LogP contribution in [0.15, 0.2) is 48.0 Å². The Hall–Kier alpha value is -2.65. The Balaban J connectivity index is 1.73. The van der Waals surface area contributed by atoms with E-state index in [2.05, 4.69) is 10.4 Å². The van der Waals surface area contributed by atoms with Gasteiger partial charge in [0.2, 0.25) is 0 Å². The van der Waals surface area contributed by atoms with E-state index in [9.17, 15) is 18.0 Å². The second-order valence-electron chi connectivity index (χ2n) is 6.30. The van der Waals surface area contributed by atoms with Crippen LogP contribution in [0.5, 0.6) is 0 Å². The van der Waals surface area contributed by atoms with Crippen molar-refractivity contribution < 1.29 is 18.0 Å². The molecule has 0 aliphatic heterocycles. The second-order valence-corrected chi connectivity index (χ2v) is 7.22. The number of hydrogen-bond donors (Lipinski definition) is 2. The molecule has 3 rings (SSSR count). The van der Waals surface area contributed by atoms with Gasteiger partial charge in [0.15, 0.2) is 0 Å². The Morgan fingerprint density at radius 1 is 1.32 bits per heavy atom. The summed E-state index contributed by atoms with van der Waals surface area (Å²) in [4.78, 5) is 13.4. The average molecular weight is 408 g/mol. The summed E-state index contributed by atoms with van der Waals surface area (Å²) in [7, 11) is 1.80. The minimum Gasteiger partial charge on any atom is -0.348 e. The quantitative estimate of drug-likeness (QED) is 0.656. The van der Waals surface area contributed by atoms with Gasteiger partial charge in [0.1, 0.15) is 0 Å². The van der Waals surface area contributed by atoms with Crippen molar-refractivity contribution in [2.24, 2.45) is 12.8 Å². The van der Waals surface area contributed by atoms with E-state index >= 15 is 0 Å². The Morgan fingerprint density at radius 3 is 2.71 bits per heavy atom. The van der Waals surface area contributed by atoms with Gasteiger partial charge >= 0.3 is 6.18 Å². The molecule has 0 aliphatic rings. The molecular formula is C19H19F3N4OS. The molecule has 0 bridgehead atoms. The molecule has 148 valence electrons. The third-order valence-electron chi connectivity index (χ3n) is 4.34. The van der Waals surface area contributed by atoms with Gasteiger partial charge in [-0.3, -0.25) is 9.48 Å². The van der Waals surface area contributed by atoms with Crippen LogP contribution in [-0.4, -0.2) is 28.3 Å². The highest BCUT2D eigenvalue weighted by atomic mass is 32.1. The van der Waals surface area contributed by atoms with Crippen molar-refractivity contribution in [1.82, 2.24) is 15.1 Å². The highest BCUT2D eigenvalue weighted by Crippen LogP contribution is 2.32. The van der Waals surface area contributed by atoms with Gasteiger partial charge in [-0.25, -0.2) is 0 Å². The van der Waals surface area contributed by atoms with Crippen molar-refractivity contribution in [3.05, 3.63) is 64.7 Å². The molecule has 0 spiro atoms. The molecular weight excluding hydrogens is 389 g/mol. The molecule has 0 saturated carbocycles. The van der Waals surface area contributed by atoms with Crippen molar-refractivity contribution in [2.45, 2.75) is 18.6 Å². The van der Waals surface area contributed by atoms with E-state index in [1.54, 1.807) is 35.4 Å². The summed E-state index contributed by atoms with van der Waals surface area (Å²) in [6.07, 6.45) is -2.79. The van der Waals surface area contributed by atoms with Gasteiger partial charge in [-0.05, 0) is 30.2 Å². The number of benzene rings is 1. The first kappa shape index (κ1) is 20.1. The number of aryl methyl sites for hydroxylation is 1. The smallest absolute Gasteiger partial charge is 0.348 e. The predicted octanol–water partition coefficient (Wildman–Crippen LogP) is 3.47. The number of alkyl halides is 3. The average Bonchev–Trinajstić information content (AvgIpc) is 3.29. The molecule has 3 N–H and O–H groups in total. The van der Waals surface area contributed by atoms with E-state index in [0.717, 1.165) is 16.6 Å². The molecule has 28 heavy (non-hydrogen) atoms. The zero-order valence-corrected chi connectivity index (χ0v) is 15.8. The topological polar surface area (TPSA) is 72.9 Å². The summed E-state index contributed by atoms with van der Waals surface area (Å²) in [6.45, 7) is 0.0245. The standard InChI is InChI=1S/C19H19F3N4OS/c1-26-16(6-7-24-26)17-9-13(11-28-17)18(27)25-14(10-23)8-12-4-2-3-5-15(12)19(20,21)22/h2-7,9,11,14H,8,10,23H2,1H3,(H,25,27)/t14-/m0/s1. The van der Waals surface area contributed by atoms with Crippen LogP contribution >= 0.6 is 11.3 Å². The number of halogens is 3. The number of hydrogen-bond acceptors (Lipinski definition) is 4. The molecule has 1 amide bonds. The zero-order chi connectivity index (χ0) is 20.3. The lowest BCUT2D eigenvalue weighted by molar-refractivity contribution is -0.138. The highest BCUT2D eigenvalue weighted by molar-refractivity contribution is 7.13. The maximum atomic E-state index is 13.2. The summed E-state index contributed by atoms with van der Waals surface area (Å²) in [5, 5.41) is 8.54. The molecule has 1 atom stereocenters. The Bertz CT molecular complexity index is 964. The minimum absolute atomic E-state index is 0.00333. The van der Waals surface area contributed by atoms with E-state index < -0.39 is 17.8 Å². The number of thiophene rings is 1. The predicted molar refractivity (Wildman–Crippen MR) is 102 cm³/mol. The number of nitrogens with one attached hydrogen (secondary N) is 1. The Labute approximate surface area is 164 Å². The van der Waals surface area contributed by atoms with Crippen LogP contribution in [0.4, 0.5) is 13.2 Å². The number of rotatable bonds is 6. The molecule has 0 fully saturated rings. The van der Waals surface area contributed by atoms with Crippen LogP contribution in [0, 0.1) is 0 Å². The van der Waals surface area contributed by atoms with Crippen LogP contribution in [0.2, 0.25) is 0 Å². The summed E-state index contributed by atoms with van der Waals surface area (Å²) in [6, 6.07) is 8.27. The number of nitrogens with zero attached hydrogens (tertiary/aromatic N) is 2. The van der Waals surface area contributed by atoms with E-state index in [1.165, 1.54) is 23.5 Å². The second kappa shape index (κ2) is 8.15. The number of amides is 1. The van der Waals surface area contributed by atoms with Gasteiger partial charge < -0.3 is 11.1 Å². The van der Waals surface area contributed by atoms with Gasteiger partial charge in [0.25, 0.3) is 5.91 Å². The lowest BCUT2D eigenvalue weighted by atomic mass is 9.99. The molecule has 0 aliphatic carbocycles. The van der Waals surface area contributed by atoms with Crippen molar-refractivity contribution in [3.63, 3.8) is 0 Å². The van der Waals surface area contributed by atoms with Crippen molar-refractivity contribution >= 4 is 17.2 Å². The fourth-order valence-electron chi connectivity index (χ4n) is 2.91. The largest absolute Gasteiger partial charge is 0.416 e. The van der Waals surface area contributed by atoms with Gasteiger partial charge in [-0.15, -0.1) is 11.3 Å². The molecule has 2 aromatic heterocycles. The fourth-order valence-corrected chi connectivity index (χ4v) is 3.85. The van der Waals surface area contributed by atoms with Crippen molar-refractivity contribution in [3.8, 4) is 10.6 Å². The van der Waals surface area contributed by atoms with Crippen molar-refractivity contribution in [1.29, 1.82) is 0 Å². The molecule has 0 saturated heterocycles. The zero-order valence-electron chi connectivity index (χ0n) is 15.0. The van der Waals surface area contributed by atoms with E-state index in [1.807, 2.05) is 6.07 Å². The molecule has 3 aromatic rings. The lowest BCUT2D eigenvalue weighted by Gasteiger charge is -2.19. The highest BCUT2D eigenvalue weighted by Gasteiger charge is 2.33. The summed E-state index contributed by atoms with van der Waals surface area (Å²) in [5.41, 5.74) is 6.40. The van der Waals surface area contributed by atoms with E-state index in [-0.39, 0.29) is 24.4 Å². The summed E-state index contributed by atoms with van der Waals surface area (Å²) < 4.78 is 41.2. The molecule has 0 radical (unpaired) electrons. The SMILES string of the molecule is Cn1nccc1-c1cc(C(=O)N[C@H](CN)Cc2ccccc2C(F)(F)F)cs1. The number of nitrogens with two attached hydrogens (primary N) is 1. The first-order chi connectivity index (χ1) is 13.3. The first-order valence-corrected chi connectivity index (χ1v) is 9.40. The maximum Gasteiger partial charge on any atom is 0.416 e. The maximum absolute atomic E-state index is 13.2. The fraction of sp³-hybridized carbons (Fsp3) is 0.263. The Morgan fingerprint density at radius 2 is 2.07 bits per heavy atom. The van der Waals surface area contributed by atoms with Crippen LogP contribution in [0.25, 0.3) is 10.6 Å². The van der Waals surface area contributed by atoms with Crippen LogP contribution in [0.1, 0.15) is 21.5 Å². The molecule has 2 heterocycles. The third kappa shape index (κ3) is 4.42. The lowest BCUT2D eigenvalue weighted by Crippen LogP contribution is -2.41. The number of aromatic nitrogens is 2. The first-order valence-electron chi connectivity index (χ1n) is 8.52. The van der Waals surface area contributed by atoms with Gasteiger partial charge in [0, 0.05) is 31.2 Å².